The maximum absolute atomic E-state index is 4.77. The van der Waals surface area contributed by atoms with Crippen molar-refractivity contribution in [1.82, 2.24) is 9.55 Å². The highest BCUT2D eigenvalue weighted by molar-refractivity contribution is 6.29. The van der Waals surface area contributed by atoms with Gasteiger partial charge < -0.3 is 4.57 Å². The van der Waals surface area contributed by atoms with Gasteiger partial charge in [-0.2, -0.15) is 0 Å². The lowest BCUT2D eigenvalue weighted by Crippen LogP contribution is -1.95. The van der Waals surface area contributed by atoms with Crippen LogP contribution in [-0.2, 0) is 0 Å². The van der Waals surface area contributed by atoms with Crippen molar-refractivity contribution in [2.24, 2.45) is 0 Å². The van der Waals surface area contributed by atoms with Gasteiger partial charge in [0, 0.05) is 28.0 Å². The summed E-state index contributed by atoms with van der Waals surface area (Å²) in [5.74, 6) is 0. The smallest absolute Gasteiger partial charge is 0.0723 e. The van der Waals surface area contributed by atoms with Crippen molar-refractivity contribution >= 4 is 54.3 Å². The van der Waals surface area contributed by atoms with Gasteiger partial charge in [-0.3, -0.25) is 4.98 Å². The van der Waals surface area contributed by atoms with Crippen LogP contribution in [-0.4, -0.2) is 9.55 Å². The summed E-state index contributed by atoms with van der Waals surface area (Å²) in [5.41, 5.74) is 22.0. The maximum Gasteiger partial charge on any atom is 0.0723 e. The molecule has 0 fully saturated rings. The number of benzene rings is 11. The van der Waals surface area contributed by atoms with E-state index in [1.54, 1.807) is 0 Å². The standard InChI is InChI=1S/C65H40N2/c1-4-15-41(16-5-1)46-21-12-22-48(39-46)67-59-37-32-47(40-57(59)53-35-36-58-54(65(53)67)27-14-38-66-58)42-28-30-43(31-29-42)49-33-34-56-62-50(49)25-13-26-55(62)63-60(44-17-6-2-7-18-44)51-23-10-11-24-52(51)61(64(56)63)45-19-8-3-9-20-45/h1-40H. The highest BCUT2D eigenvalue weighted by atomic mass is 15.0. The summed E-state index contributed by atoms with van der Waals surface area (Å²) in [6, 6.07) is 86.9. The number of hydrogen-bond donors (Lipinski definition) is 0. The van der Waals surface area contributed by atoms with Crippen LogP contribution in [0.15, 0.2) is 243 Å². The van der Waals surface area contributed by atoms with E-state index in [0.717, 1.165) is 16.6 Å². The molecular weight excluding hydrogens is 809 g/mol. The molecule has 0 spiro atoms. The van der Waals surface area contributed by atoms with Gasteiger partial charge in [0.05, 0.1) is 16.6 Å². The zero-order valence-electron chi connectivity index (χ0n) is 36.5. The van der Waals surface area contributed by atoms with E-state index in [9.17, 15) is 0 Å². The van der Waals surface area contributed by atoms with Gasteiger partial charge in [0.15, 0.2) is 0 Å². The minimum Gasteiger partial charge on any atom is -0.309 e. The zero-order chi connectivity index (χ0) is 44.0. The molecule has 1 aliphatic rings. The Morgan fingerprint density at radius 1 is 0.284 bits per heavy atom. The minimum atomic E-state index is 0.989. The quantitative estimate of drug-likeness (QED) is 0.163. The topological polar surface area (TPSA) is 17.8 Å². The van der Waals surface area contributed by atoms with Crippen LogP contribution in [0.3, 0.4) is 0 Å². The third-order valence-corrected chi connectivity index (χ3v) is 14.2. The molecule has 1 aliphatic carbocycles. The molecule has 2 heterocycles. The van der Waals surface area contributed by atoms with E-state index < -0.39 is 0 Å². The second-order valence-corrected chi connectivity index (χ2v) is 17.8. The van der Waals surface area contributed by atoms with Crippen LogP contribution in [0, 0.1) is 0 Å². The first-order valence-corrected chi connectivity index (χ1v) is 23.1. The fraction of sp³-hybridized carbons (Fsp3) is 0. The summed E-state index contributed by atoms with van der Waals surface area (Å²) >= 11 is 0. The molecule has 0 bridgehead atoms. The average molecular weight is 849 g/mol. The van der Waals surface area contributed by atoms with Gasteiger partial charge in [-0.05, 0) is 142 Å². The first-order chi connectivity index (χ1) is 33.3. The second-order valence-electron chi connectivity index (χ2n) is 17.8. The molecule has 0 atom stereocenters. The molecule has 2 aromatic heterocycles. The molecular formula is C65H40N2. The lowest BCUT2D eigenvalue weighted by Gasteiger charge is -2.20. The highest BCUT2D eigenvalue weighted by Crippen LogP contribution is 2.58. The Kier molecular flexibility index (Phi) is 8.32. The van der Waals surface area contributed by atoms with Crippen molar-refractivity contribution in [3.63, 3.8) is 0 Å². The molecule has 2 heteroatoms. The van der Waals surface area contributed by atoms with Crippen LogP contribution >= 0.6 is 0 Å². The maximum atomic E-state index is 4.77. The number of fused-ring (bicyclic) bond motifs is 9. The van der Waals surface area contributed by atoms with E-state index in [2.05, 4.69) is 235 Å². The normalized spacial score (nSPS) is 11.9. The summed E-state index contributed by atoms with van der Waals surface area (Å²) < 4.78 is 2.43. The second kappa shape index (κ2) is 14.9. The van der Waals surface area contributed by atoms with Gasteiger partial charge in [-0.1, -0.05) is 194 Å². The van der Waals surface area contributed by atoms with Gasteiger partial charge in [-0.25, -0.2) is 0 Å². The van der Waals surface area contributed by atoms with Crippen LogP contribution in [0.1, 0.15) is 0 Å². The average Bonchev–Trinajstić information content (AvgIpc) is 3.92. The first-order valence-electron chi connectivity index (χ1n) is 23.1. The van der Waals surface area contributed by atoms with Crippen molar-refractivity contribution < 1.29 is 0 Å². The predicted octanol–water partition coefficient (Wildman–Crippen LogP) is 17.6. The molecule has 0 radical (unpaired) electrons. The number of aromatic nitrogens is 2. The fourth-order valence-corrected chi connectivity index (χ4v) is 11.3. The first kappa shape index (κ1) is 37.5. The van der Waals surface area contributed by atoms with Crippen LogP contribution in [0.25, 0.3) is 138 Å². The molecule has 13 aromatic rings. The van der Waals surface area contributed by atoms with E-state index in [0.29, 0.717) is 0 Å². The molecule has 0 amide bonds. The Morgan fingerprint density at radius 3 is 1.54 bits per heavy atom. The largest absolute Gasteiger partial charge is 0.309 e. The summed E-state index contributed by atoms with van der Waals surface area (Å²) in [5, 5.41) is 8.72. The third-order valence-electron chi connectivity index (χ3n) is 14.2. The van der Waals surface area contributed by atoms with Gasteiger partial charge in [0.2, 0.25) is 0 Å². The zero-order valence-corrected chi connectivity index (χ0v) is 36.5. The molecule has 14 rings (SSSR count). The van der Waals surface area contributed by atoms with Crippen LogP contribution in [0.4, 0.5) is 0 Å². The number of nitrogens with zero attached hydrogens (tertiary/aromatic N) is 2. The molecule has 0 unspecified atom stereocenters. The van der Waals surface area contributed by atoms with Crippen molar-refractivity contribution in [3.05, 3.63) is 243 Å². The summed E-state index contributed by atoms with van der Waals surface area (Å²) in [4.78, 5) is 4.77. The number of rotatable bonds is 6. The molecule has 0 saturated heterocycles. The van der Waals surface area contributed by atoms with Crippen molar-refractivity contribution in [2.75, 3.05) is 0 Å². The molecule has 310 valence electrons. The van der Waals surface area contributed by atoms with Crippen LogP contribution < -0.4 is 0 Å². The SMILES string of the molecule is c1ccc(-c2cccc(-n3c4ccc(-c5ccc(-c6ccc7c8c(cccc68)-c6c-7c(-c7ccccc7)c7ccccc7c6-c6ccccc6)cc5)cc4c4ccc5ncccc5c43)c2)cc1. The Bertz CT molecular complexity index is 4020. The van der Waals surface area contributed by atoms with Crippen LogP contribution in [0.5, 0.6) is 0 Å². The summed E-state index contributed by atoms with van der Waals surface area (Å²) in [6.07, 6.45) is 1.88. The summed E-state index contributed by atoms with van der Waals surface area (Å²) in [7, 11) is 0. The van der Waals surface area contributed by atoms with Gasteiger partial charge >= 0.3 is 0 Å². The predicted molar refractivity (Wildman–Crippen MR) is 283 cm³/mol. The number of pyridine rings is 1. The van der Waals surface area contributed by atoms with E-state index in [-0.39, 0.29) is 0 Å². The van der Waals surface area contributed by atoms with Crippen molar-refractivity contribution in [3.8, 4) is 83.6 Å². The highest BCUT2D eigenvalue weighted by Gasteiger charge is 2.31. The van der Waals surface area contributed by atoms with E-state index >= 15 is 0 Å². The molecule has 0 N–H and O–H groups in total. The lowest BCUT2D eigenvalue weighted by molar-refractivity contribution is 1.19. The monoisotopic (exact) mass is 848 g/mol. The van der Waals surface area contributed by atoms with Gasteiger partial charge in [0.1, 0.15) is 0 Å². The van der Waals surface area contributed by atoms with Gasteiger partial charge in [-0.15, -0.1) is 0 Å². The Balaban J connectivity index is 0.913. The third kappa shape index (κ3) is 5.73. The van der Waals surface area contributed by atoms with Crippen molar-refractivity contribution in [1.29, 1.82) is 0 Å². The molecule has 67 heavy (non-hydrogen) atoms. The van der Waals surface area contributed by atoms with Gasteiger partial charge in [0.25, 0.3) is 0 Å². The molecule has 2 nitrogen and oxygen atoms in total. The Hall–Kier alpha value is -8.85. The Labute approximate surface area is 388 Å². The van der Waals surface area contributed by atoms with E-state index in [1.165, 1.54) is 121 Å². The van der Waals surface area contributed by atoms with Crippen LogP contribution in [0.2, 0.25) is 0 Å². The van der Waals surface area contributed by atoms with E-state index in [4.69, 9.17) is 4.98 Å². The van der Waals surface area contributed by atoms with Crippen molar-refractivity contribution in [2.45, 2.75) is 0 Å². The Morgan fingerprint density at radius 2 is 0.821 bits per heavy atom. The number of hydrogen-bond acceptors (Lipinski definition) is 1. The molecule has 0 aliphatic heterocycles. The summed E-state index contributed by atoms with van der Waals surface area (Å²) in [6.45, 7) is 0. The minimum absolute atomic E-state index is 0.989. The lowest BCUT2D eigenvalue weighted by atomic mass is 9.82. The molecule has 0 saturated carbocycles. The fourth-order valence-electron chi connectivity index (χ4n) is 11.3. The van der Waals surface area contributed by atoms with E-state index in [1.807, 2.05) is 12.3 Å². The molecule has 11 aromatic carbocycles.